The number of thioether (sulfide) groups is 1. The minimum Gasteiger partial charge on any atom is -0.301 e. The van der Waals surface area contributed by atoms with Gasteiger partial charge in [-0.1, -0.05) is 25.1 Å². The first-order chi connectivity index (χ1) is 10.5. The zero-order valence-electron chi connectivity index (χ0n) is 12.4. The van der Waals surface area contributed by atoms with E-state index in [0.717, 1.165) is 18.5 Å². The summed E-state index contributed by atoms with van der Waals surface area (Å²) >= 11 is 1.19. The van der Waals surface area contributed by atoms with Gasteiger partial charge in [-0.25, -0.2) is 9.37 Å². The maximum absolute atomic E-state index is 12.9. The van der Waals surface area contributed by atoms with Crippen LogP contribution in [0.15, 0.2) is 40.3 Å². The number of nitrogens with one attached hydrogen (secondary N) is 1. The largest absolute Gasteiger partial charge is 0.301 e. The first-order valence-electron chi connectivity index (χ1n) is 7.06. The van der Waals surface area contributed by atoms with E-state index in [1.807, 2.05) is 6.92 Å². The maximum atomic E-state index is 12.9. The second kappa shape index (κ2) is 7.35. The molecule has 0 amide bonds. The SMILES string of the molecule is CCCc1cc(=O)[nH]c(S[C@H](C)C(=O)c2ccc(F)cc2)n1. The maximum Gasteiger partial charge on any atom is 0.251 e. The normalized spacial score (nSPS) is 12.1. The summed E-state index contributed by atoms with van der Waals surface area (Å²) in [6.07, 6.45) is 1.61. The van der Waals surface area contributed by atoms with Crippen molar-refractivity contribution in [1.82, 2.24) is 9.97 Å². The van der Waals surface area contributed by atoms with Gasteiger partial charge in [0.25, 0.3) is 5.56 Å². The molecule has 1 N–H and O–H groups in total. The number of carbonyl (C=O) groups excluding carboxylic acids is 1. The van der Waals surface area contributed by atoms with Gasteiger partial charge in [-0.05, 0) is 37.6 Å². The van der Waals surface area contributed by atoms with E-state index in [-0.39, 0.29) is 17.2 Å². The average Bonchev–Trinajstić information content (AvgIpc) is 2.47. The molecule has 2 rings (SSSR count). The summed E-state index contributed by atoms with van der Waals surface area (Å²) in [5, 5.41) is 0.00407. The molecule has 0 radical (unpaired) electrons. The molecule has 1 heterocycles. The first kappa shape index (κ1) is 16.4. The number of hydrogen-bond donors (Lipinski definition) is 1. The van der Waals surface area contributed by atoms with Gasteiger partial charge in [0.15, 0.2) is 10.9 Å². The number of H-pyrrole nitrogens is 1. The van der Waals surface area contributed by atoms with E-state index in [0.29, 0.717) is 10.7 Å². The quantitative estimate of drug-likeness (QED) is 0.504. The van der Waals surface area contributed by atoms with Crippen LogP contribution in [0, 0.1) is 5.82 Å². The average molecular weight is 320 g/mol. The molecule has 0 fully saturated rings. The Bertz CT molecular complexity index is 713. The Kier molecular flexibility index (Phi) is 5.49. The van der Waals surface area contributed by atoms with Crippen LogP contribution in [0.5, 0.6) is 0 Å². The third-order valence-corrected chi connectivity index (χ3v) is 4.05. The lowest BCUT2D eigenvalue weighted by Gasteiger charge is -2.10. The number of rotatable bonds is 6. The van der Waals surface area contributed by atoms with Crippen LogP contribution in [0.4, 0.5) is 4.39 Å². The number of benzene rings is 1. The van der Waals surface area contributed by atoms with Crippen molar-refractivity contribution in [2.24, 2.45) is 0 Å². The van der Waals surface area contributed by atoms with Gasteiger partial charge in [0, 0.05) is 17.3 Å². The predicted octanol–water partition coefficient (Wildman–Crippen LogP) is 3.23. The van der Waals surface area contributed by atoms with Gasteiger partial charge in [0.1, 0.15) is 5.82 Å². The van der Waals surface area contributed by atoms with E-state index in [1.54, 1.807) is 6.92 Å². The number of carbonyl (C=O) groups is 1. The summed E-state index contributed by atoms with van der Waals surface area (Å²) in [4.78, 5) is 30.9. The van der Waals surface area contributed by atoms with Gasteiger partial charge >= 0.3 is 0 Å². The van der Waals surface area contributed by atoms with Crippen molar-refractivity contribution in [3.8, 4) is 0 Å². The molecule has 1 atom stereocenters. The van der Waals surface area contributed by atoms with Crippen LogP contribution in [0.2, 0.25) is 0 Å². The predicted molar refractivity (Wildman–Crippen MR) is 84.9 cm³/mol. The van der Waals surface area contributed by atoms with Crippen LogP contribution in [-0.4, -0.2) is 21.0 Å². The molecule has 0 spiro atoms. The highest BCUT2D eigenvalue weighted by Gasteiger charge is 2.18. The number of aromatic amines is 1. The smallest absolute Gasteiger partial charge is 0.251 e. The molecule has 6 heteroatoms. The second-order valence-corrected chi connectivity index (χ2v) is 6.25. The Balaban J connectivity index is 2.14. The monoisotopic (exact) mass is 320 g/mol. The van der Waals surface area contributed by atoms with Gasteiger partial charge < -0.3 is 4.98 Å². The second-order valence-electron chi connectivity index (χ2n) is 4.92. The minimum atomic E-state index is -0.425. The molecular formula is C16H17FN2O2S. The summed E-state index contributed by atoms with van der Waals surface area (Å²) in [7, 11) is 0. The van der Waals surface area contributed by atoms with Crippen molar-refractivity contribution in [2.75, 3.05) is 0 Å². The molecule has 0 saturated heterocycles. The summed E-state index contributed by atoms with van der Waals surface area (Å²) < 4.78 is 12.9. The summed E-state index contributed by atoms with van der Waals surface area (Å²) in [6.45, 7) is 3.75. The number of aryl methyl sites for hydroxylation is 1. The Morgan fingerprint density at radius 1 is 1.36 bits per heavy atom. The van der Waals surface area contributed by atoms with Crippen LogP contribution in [0.25, 0.3) is 0 Å². The van der Waals surface area contributed by atoms with E-state index in [1.165, 1.54) is 42.1 Å². The number of nitrogens with zero attached hydrogens (tertiary/aromatic N) is 1. The van der Waals surface area contributed by atoms with Crippen molar-refractivity contribution in [3.05, 3.63) is 57.8 Å². The summed E-state index contributed by atoms with van der Waals surface area (Å²) in [5.41, 5.74) is 0.936. The molecule has 1 aromatic carbocycles. The molecule has 4 nitrogen and oxygen atoms in total. The highest BCUT2D eigenvalue weighted by Crippen LogP contribution is 2.22. The molecule has 1 aromatic heterocycles. The molecule has 22 heavy (non-hydrogen) atoms. The molecule has 0 aliphatic carbocycles. The molecule has 0 bridgehead atoms. The number of ketones is 1. The van der Waals surface area contributed by atoms with Crippen molar-refractivity contribution < 1.29 is 9.18 Å². The molecule has 116 valence electrons. The zero-order valence-corrected chi connectivity index (χ0v) is 13.2. The third-order valence-electron chi connectivity index (χ3n) is 3.07. The van der Waals surface area contributed by atoms with Crippen molar-refractivity contribution >= 4 is 17.5 Å². The highest BCUT2D eigenvalue weighted by atomic mass is 32.2. The fraction of sp³-hybridized carbons (Fsp3) is 0.312. The number of aromatic nitrogens is 2. The van der Waals surface area contributed by atoms with E-state index >= 15 is 0 Å². The molecule has 2 aromatic rings. The molecule has 0 unspecified atom stereocenters. The Morgan fingerprint density at radius 2 is 2.05 bits per heavy atom. The van der Waals surface area contributed by atoms with Crippen LogP contribution >= 0.6 is 11.8 Å². The highest BCUT2D eigenvalue weighted by molar-refractivity contribution is 8.00. The molecule has 0 aliphatic rings. The number of Topliss-reactive ketones (excluding diaryl/α,β-unsaturated/α-hetero) is 1. The molecular weight excluding hydrogens is 303 g/mol. The van der Waals surface area contributed by atoms with Gasteiger partial charge in [-0.2, -0.15) is 0 Å². The van der Waals surface area contributed by atoms with Gasteiger partial charge in [-0.3, -0.25) is 9.59 Å². The van der Waals surface area contributed by atoms with Crippen LogP contribution in [-0.2, 0) is 6.42 Å². The fourth-order valence-electron chi connectivity index (χ4n) is 1.99. The Hall–Kier alpha value is -1.95. The minimum absolute atomic E-state index is 0.131. The Labute approximate surface area is 132 Å². The van der Waals surface area contributed by atoms with E-state index < -0.39 is 5.25 Å². The number of halogens is 1. The summed E-state index contributed by atoms with van der Waals surface area (Å²) in [5.74, 6) is -0.510. The molecule has 0 saturated carbocycles. The van der Waals surface area contributed by atoms with Crippen molar-refractivity contribution in [3.63, 3.8) is 0 Å². The standard InChI is InChI=1S/C16H17FN2O2S/c1-3-4-13-9-14(20)19-16(18-13)22-10(2)15(21)11-5-7-12(17)8-6-11/h5-10H,3-4H2,1-2H3,(H,18,19,20)/t10-/m1/s1. The van der Waals surface area contributed by atoms with E-state index in [9.17, 15) is 14.0 Å². The van der Waals surface area contributed by atoms with Gasteiger partial charge in [0.2, 0.25) is 0 Å². The topological polar surface area (TPSA) is 62.8 Å². The summed E-state index contributed by atoms with van der Waals surface area (Å²) in [6, 6.07) is 6.90. The lowest BCUT2D eigenvalue weighted by molar-refractivity contribution is 0.0994. The van der Waals surface area contributed by atoms with Crippen LogP contribution in [0.3, 0.4) is 0 Å². The van der Waals surface area contributed by atoms with Crippen molar-refractivity contribution in [1.29, 1.82) is 0 Å². The Morgan fingerprint density at radius 3 is 2.68 bits per heavy atom. The number of hydrogen-bond acceptors (Lipinski definition) is 4. The van der Waals surface area contributed by atoms with Crippen LogP contribution in [0.1, 0.15) is 36.3 Å². The molecule has 0 aliphatic heterocycles. The lowest BCUT2D eigenvalue weighted by Crippen LogP contribution is -2.16. The van der Waals surface area contributed by atoms with E-state index in [4.69, 9.17) is 0 Å². The van der Waals surface area contributed by atoms with Crippen molar-refractivity contribution in [2.45, 2.75) is 37.1 Å². The lowest BCUT2D eigenvalue weighted by atomic mass is 10.1. The first-order valence-corrected chi connectivity index (χ1v) is 7.94. The zero-order chi connectivity index (χ0) is 16.1. The van der Waals surface area contributed by atoms with E-state index in [2.05, 4.69) is 9.97 Å². The van der Waals surface area contributed by atoms with Gasteiger partial charge in [-0.15, -0.1) is 0 Å². The van der Waals surface area contributed by atoms with Crippen LogP contribution < -0.4 is 5.56 Å². The fourth-order valence-corrected chi connectivity index (χ4v) is 2.90. The van der Waals surface area contributed by atoms with Gasteiger partial charge in [0.05, 0.1) is 5.25 Å². The third kappa shape index (κ3) is 4.27.